The fourth-order valence-electron chi connectivity index (χ4n) is 0.238. The Hall–Kier alpha value is 0.0800. The second-order valence-corrected chi connectivity index (χ2v) is 3.17. The highest BCUT2D eigenvalue weighted by Crippen LogP contribution is 2.43. The maximum absolute atomic E-state index is 11.9. The van der Waals surface area contributed by atoms with Gasteiger partial charge in [0.25, 0.3) is 0 Å². The van der Waals surface area contributed by atoms with Crippen molar-refractivity contribution in [2.24, 2.45) is 0 Å². The summed E-state index contributed by atoms with van der Waals surface area (Å²) in [5.74, 6) is -1.98. The van der Waals surface area contributed by atoms with E-state index in [2.05, 4.69) is 0 Å². The third kappa shape index (κ3) is 2.40. The molecule has 0 aliphatic heterocycles. The molecule has 0 fully saturated rings. The predicted molar refractivity (Wildman–Crippen MR) is 27.2 cm³/mol. The first-order chi connectivity index (χ1) is 3.48. The molecule has 1 unspecified atom stereocenters. The smallest absolute Gasteiger partial charge is 0.322 e. The lowest BCUT2D eigenvalue weighted by Crippen LogP contribution is -1.97. The van der Waals surface area contributed by atoms with Crippen LogP contribution in [-0.4, -0.2) is 15.7 Å². The van der Waals surface area contributed by atoms with E-state index in [1.165, 1.54) is 6.92 Å². The van der Waals surface area contributed by atoms with Crippen LogP contribution in [0.25, 0.3) is 0 Å². The highest BCUT2D eigenvalue weighted by Gasteiger charge is 2.25. The van der Waals surface area contributed by atoms with Gasteiger partial charge in [0.2, 0.25) is 5.91 Å². The van der Waals surface area contributed by atoms with Crippen LogP contribution in [0.3, 0.4) is 0 Å². The fourth-order valence-corrected chi connectivity index (χ4v) is 0.714. The van der Waals surface area contributed by atoms with Crippen molar-refractivity contribution >= 4 is 7.60 Å². The van der Waals surface area contributed by atoms with Crippen molar-refractivity contribution < 1.29 is 18.7 Å². The van der Waals surface area contributed by atoms with Gasteiger partial charge in [-0.3, -0.25) is 4.57 Å². The van der Waals surface area contributed by atoms with Gasteiger partial charge in [-0.05, 0) is 6.42 Å². The van der Waals surface area contributed by atoms with Gasteiger partial charge in [0.15, 0.2) is 0 Å². The number of alkyl halides is 1. The topological polar surface area (TPSA) is 57.5 Å². The molecular weight excluding hydrogens is 134 g/mol. The SMILES string of the molecule is CCC(F)P(=O)(O)O. The van der Waals surface area contributed by atoms with Gasteiger partial charge < -0.3 is 9.79 Å². The molecule has 0 aromatic carbocycles. The highest BCUT2D eigenvalue weighted by molar-refractivity contribution is 7.52. The Morgan fingerprint density at radius 3 is 2.12 bits per heavy atom. The van der Waals surface area contributed by atoms with Gasteiger partial charge in [-0.2, -0.15) is 0 Å². The lowest BCUT2D eigenvalue weighted by Gasteiger charge is -2.04. The van der Waals surface area contributed by atoms with Crippen LogP contribution >= 0.6 is 7.60 Å². The Labute approximate surface area is 46.7 Å². The molecule has 0 saturated carbocycles. The minimum atomic E-state index is -4.42. The molecule has 0 spiro atoms. The van der Waals surface area contributed by atoms with Crippen LogP contribution in [0.4, 0.5) is 4.39 Å². The lowest BCUT2D eigenvalue weighted by molar-refractivity contribution is 0.296. The summed E-state index contributed by atoms with van der Waals surface area (Å²) >= 11 is 0. The number of hydrogen-bond acceptors (Lipinski definition) is 1. The molecule has 0 radical (unpaired) electrons. The van der Waals surface area contributed by atoms with Gasteiger partial charge in [-0.25, -0.2) is 4.39 Å². The Kier molecular flexibility index (Phi) is 2.60. The van der Waals surface area contributed by atoms with Gasteiger partial charge in [-0.15, -0.1) is 0 Å². The summed E-state index contributed by atoms with van der Waals surface area (Å²) in [6.07, 6.45) is -0.135. The minimum absolute atomic E-state index is 0.135. The van der Waals surface area contributed by atoms with Crippen molar-refractivity contribution in [1.29, 1.82) is 0 Å². The van der Waals surface area contributed by atoms with Crippen LogP contribution in [0.5, 0.6) is 0 Å². The normalized spacial score (nSPS) is 16.0. The first-order valence-corrected chi connectivity index (χ1v) is 3.86. The number of rotatable bonds is 2. The Morgan fingerprint density at radius 2 is 2.12 bits per heavy atom. The van der Waals surface area contributed by atoms with E-state index in [0.717, 1.165) is 0 Å². The van der Waals surface area contributed by atoms with Crippen molar-refractivity contribution in [3.05, 3.63) is 0 Å². The molecule has 2 N–H and O–H groups in total. The molecule has 0 saturated heterocycles. The minimum Gasteiger partial charge on any atom is -0.322 e. The second-order valence-electron chi connectivity index (χ2n) is 1.43. The van der Waals surface area contributed by atoms with E-state index >= 15 is 0 Å². The van der Waals surface area contributed by atoms with Crippen LogP contribution in [0.2, 0.25) is 0 Å². The lowest BCUT2D eigenvalue weighted by atomic mass is 10.6. The molecule has 0 aliphatic rings. The molecule has 3 nitrogen and oxygen atoms in total. The van der Waals surface area contributed by atoms with E-state index in [0.29, 0.717) is 0 Å². The summed E-state index contributed by atoms with van der Waals surface area (Å²) in [4.78, 5) is 16.0. The van der Waals surface area contributed by atoms with Crippen molar-refractivity contribution in [2.75, 3.05) is 0 Å². The molecular formula is C3H8FO3P. The standard InChI is InChI=1S/C3H8FO3P/c1-2-3(4)8(5,6)7/h3H,2H2,1H3,(H2,5,6,7). The zero-order chi connectivity index (χ0) is 6.78. The van der Waals surface area contributed by atoms with E-state index in [9.17, 15) is 8.96 Å². The summed E-state index contributed by atoms with van der Waals surface area (Å²) in [6, 6.07) is 0. The van der Waals surface area contributed by atoms with Gasteiger partial charge >= 0.3 is 7.60 Å². The van der Waals surface area contributed by atoms with E-state index in [-0.39, 0.29) is 6.42 Å². The molecule has 0 bridgehead atoms. The zero-order valence-corrected chi connectivity index (χ0v) is 5.31. The van der Waals surface area contributed by atoms with Crippen LogP contribution in [0, 0.1) is 0 Å². The maximum atomic E-state index is 11.9. The predicted octanol–water partition coefficient (Wildman–Crippen LogP) is 0.870. The monoisotopic (exact) mass is 142 g/mol. The summed E-state index contributed by atoms with van der Waals surface area (Å²) in [7, 11) is -4.42. The first kappa shape index (κ1) is 8.08. The molecule has 0 rings (SSSR count). The van der Waals surface area contributed by atoms with Gasteiger partial charge in [0, 0.05) is 0 Å². The maximum Gasteiger partial charge on any atom is 0.359 e. The second kappa shape index (κ2) is 2.58. The molecule has 50 valence electrons. The summed E-state index contributed by atoms with van der Waals surface area (Å²) in [5, 5.41) is 0. The van der Waals surface area contributed by atoms with E-state index in [1.54, 1.807) is 0 Å². The fraction of sp³-hybridized carbons (Fsp3) is 1.00. The molecule has 8 heavy (non-hydrogen) atoms. The Bertz CT molecular complexity index is 109. The highest BCUT2D eigenvalue weighted by atomic mass is 31.2. The Morgan fingerprint density at radius 1 is 1.75 bits per heavy atom. The van der Waals surface area contributed by atoms with Gasteiger partial charge in [0.05, 0.1) is 0 Å². The summed E-state index contributed by atoms with van der Waals surface area (Å²) in [6.45, 7) is 1.38. The van der Waals surface area contributed by atoms with Crippen molar-refractivity contribution in [3.8, 4) is 0 Å². The summed E-state index contributed by atoms with van der Waals surface area (Å²) in [5.41, 5.74) is 0. The van der Waals surface area contributed by atoms with E-state index in [1.807, 2.05) is 0 Å². The quantitative estimate of drug-likeness (QED) is 0.562. The largest absolute Gasteiger partial charge is 0.359 e. The molecule has 0 aliphatic carbocycles. The molecule has 1 atom stereocenters. The van der Waals surface area contributed by atoms with Crippen LogP contribution in [0.1, 0.15) is 13.3 Å². The van der Waals surface area contributed by atoms with Crippen LogP contribution < -0.4 is 0 Å². The summed E-state index contributed by atoms with van der Waals surface area (Å²) < 4.78 is 21.8. The van der Waals surface area contributed by atoms with E-state index < -0.39 is 13.5 Å². The molecule has 0 heterocycles. The molecule has 5 heteroatoms. The van der Waals surface area contributed by atoms with Gasteiger partial charge in [0.1, 0.15) is 0 Å². The van der Waals surface area contributed by atoms with Crippen LogP contribution in [-0.2, 0) is 4.57 Å². The number of hydrogen-bond donors (Lipinski definition) is 2. The van der Waals surface area contributed by atoms with Crippen LogP contribution in [0.15, 0.2) is 0 Å². The average Bonchev–Trinajstić information content (AvgIpc) is 1.62. The third-order valence-corrected chi connectivity index (χ3v) is 1.80. The first-order valence-electron chi connectivity index (χ1n) is 2.17. The zero-order valence-electron chi connectivity index (χ0n) is 4.41. The molecule has 0 aromatic heterocycles. The van der Waals surface area contributed by atoms with Crippen molar-refractivity contribution in [2.45, 2.75) is 19.3 Å². The van der Waals surface area contributed by atoms with E-state index in [4.69, 9.17) is 9.79 Å². The third-order valence-electron chi connectivity index (χ3n) is 0.702. The Balaban J connectivity index is 3.82. The average molecular weight is 142 g/mol. The molecule has 0 aromatic rings. The number of halogens is 1. The molecule has 0 amide bonds. The van der Waals surface area contributed by atoms with Crippen molar-refractivity contribution in [1.82, 2.24) is 0 Å². The van der Waals surface area contributed by atoms with Gasteiger partial charge in [-0.1, -0.05) is 6.92 Å². The van der Waals surface area contributed by atoms with Crippen molar-refractivity contribution in [3.63, 3.8) is 0 Å².